The summed E-state index contributed by atoms with van der Waals surface area (Å²) in [6.45, 7) is 6.37. The Labute approximate surface area is 173 Å². The second-order valence-corrected chi connectivity index (χ2v) is 6.92. The molecule has 2 heterocycles. The predicted octanol–water partition coefficient (Wildman–Crippen LogP) is 2.64. The van der Waals surface area contributed by atoms with Crippen molar-refractivity contribution in [3.63, 3.8) is 0 Å². The Balaban J connectivity index is 1.95. The van der Waals surface area contributed by atoms with E-state index in [2.05, 4.69) is 25.6 Å². The molecular formula is C19H25N7O4. The summed E-state index contributed by atoms with van der Waals surface area (Å²) in [6, 6.07) is 3.62. The molecule has 30 heavy (non-hydrogen) atoms. The third kappa shape index (κ3) is 4.40. The van der Waals surface area contributed by atoms with Crippen LogP contribution in [0.4, 0.5) is 17.5 Å². The van der Waals surface area contributed by atoms with E-state index in [0.717, 1.165) is 0 Å². The molecule has 11 nitrogen and oxygen atoms in total. The van der Waals surface area contributed by atoms with Crippen LogP contribution in [0.5, 0.6) is 5.75 Å². The van der Waals surface area contributed by atoms with Crippen LogP contribution in [0.2, 0.25) is 0 Å². The quantitative estimate of drug-likeness (QED) is 0.305. The molecule has 0 spiro atoms. The summed E-state index contributed by atoms with van der Waals surface area (Å²) in [7, 11) is 0. The van der Waals surface area contributed by atoms with Crippen LogP contribution in [-0.4, -0.2) is 46.8 Å². The molecule has 3 aromatic rings. The Morgan fingerprint density at radius 3 is 2.70 bits per heavy atom. The van der Waals surface area contributed by atoms with Gasteiger partial charge in [-0.2, -0.15) is 9.97 Å². The molecule has 4 N–H and O–H groups in total. The van der Waals surface area contributed by atoms with Crippen LogP contribution >= 0.6 is 0 Å². The summed E-state index contributed by atoms with van der Waals surface area (Å²) >= 11 is 0. The van der Waals surface area contributed by atoms with Crippen molar-refractivity contribution in [1.82, 2.24) is 19.5 Å². The van der Waals surface area contributed by atoms with Crippen LogP contribution < -0.4 is 10.6 Å². The number of phenolic OH excluding ortho intramolecular Hbond substituents is 1. The smallest absolute Gasteiger partial charge is 0.270 e. The highest BCUT2D eigenvalue weighted by Crippen LogP contribution is 2.26. The van der Waals surface area contributed by atoms with Crippen LogP contribution in [0.1, 0.15) is 32.8 Å². The van der Waals surface area contributed by atoms with Crippen molar-refractivity contribution >= 4 is 28.6 Å². The second kappa shape index (κ2) is 8.91. The number of anilines is 2. The molecule has 160 valence electrons. The summed E-state index contributed by atoms with van der Waals surface area (Å²) in [5.41, 5.74) is 1.40. The highest BCUT2D eigenvalue weighted by Gasteiger charge is 2.18. The average molecular weight is 415 g/mol. The number of aromatic hydroxyl groups is 1. The van der Waals surface area contributed by atoms with E-state index in [9.17, 15) is 20.3 Å². The van der Waals surface area contributed by atoms with E-state index in [1.165, 1.54) is 18.2 Å². The number of imidazole rings is 1. The number of nitrogens with zero attached hydrogens (tertiary/aromatic N) is 5. The summed E-state index contributed by atoms with van der Waals surface area (Å²) in [5.74, 6) is 0.688. The average Bonchev–Trinajstić information content (AvgIpc) is 3.13. The first-order chi connectivity index (χ1) is 14.3. The first kappa shape index (κ1) is 21.2. The minimum absolute atomic E-state index is 0.0593. The molecule has 0 saturated carbocycles. The minimum Gasteiger partial charge on any atom is -0.508 e. The SMILES string of the molecule is CCC(Nc1nc(NCc2cc([N+](=O)[O-])ccc2O)c2ncn(CC)c2n1)C(C)O. The molecule has 0 radical (unpaired) electrons. The molecule has 2 aromatic heterocycles. The molecule has 1 aromatic carbocycles. The number of hydrogen-bond donors (Lipinski definition) is 4. The van der Waals surface area contributed by atoms with Gasteiger partial charge < -0.3 is 25.4 Å². The zero-order chi connectivity index (χ0) is 21.8. The maximum Gasteiger partial charge on any atom is 0.270 e. The van der Waals surface area contributed by atoms with E-state index in [4.69, 9.17) is 0 Å². The molecule has 2 atom stereocenters. The number of aliphatic hydroxyl groups excluding tert-OH is 1. The molecule has 0 saturated heterocycles. The number of aryl methyl sites for hydroxylation is 1. The lowest BCUT2D eigenvalue weighted by molar-refractivity contribution is -0.384. The number of phenols is 1. The number of nitro groups is 1. The Hall–Kier alpha value is -3.47. The van der Waals surface area contributed by atoms with E-state index >= 15 is 0 Å². The molecule has 2 unspecified atom stereocenters. The van der Waals surface area contributed by atoms with Crippen LogP contribution in [-0.2, 0) is 13.1 Å². The highest BCUT2D eigenvalue weighted by molar-refractivity contribution is 5.84. The van der Waals surface area contributed by atoms with Gasteiger partial charge in [-0.25, -0.2) is 4.98 Å². The number of rotatable bonds is 9. The van der Waals surface area contributed by atoms with Gasteiger partial charge in [0.2, 0.25) is 5.95 Å². The topological polar surface area (TPSA) is 151 Å². The number of aliphatic hydroxyl groups is 1. The van der Waals surface area contributed by atoms with Gasteiger partial charge in [-0.15, -0.1) is 0 Å². The first-order valence-corrected chi connectivity index (χ1v) is 9.71. The fraction of sp³-hybridized carbons (Fsp3) is 0.421. The van der Waals surface area contributed by atoms with Gasteiger partial charge in [0.1, 0.15) is 5.75 Å². The summed E-state index contributed by atoms with van der Waals surface area (Å²) < 4.78 is 1.86. The molecule has 0 fully saturated rings. The van der Waals surface area contributed by atoms with Gasteiger partial charge in [0.25, 0.3) is 5.69 Å². The second-order valence-electron chi connectivity index (χ2n) is 6.92. The maximum absolute atomic E-state index is 11.0. The van der Waals surface area contributed by atoms with Crippen LogP contribution in [0, 0.1) is 10.1 Å². The van der Waals surface area contributed by atoms with Gasteiger partial charge in [-0.1, -0.05) is 6.92 Å². The third-order valence-electron chi connectivity index (χ3n) is 4.86. The molecule has 0 aliphatic heterocycles. The summed E-state index contributed by atoms with van der Waals surface area (Å²) in [4.78, 5) is 23.9. The van der Waals surface area contributed by atoms with Gasteiger partial charge in [0.15, 0.2) is 17.0 Å². The van der Waals surface area contributed by atoms with Crippen LogP contribution in [0.25, 0.3) is 11.2 Å². The standard InChI is InChI=1S/C19H25N7O4/c1-4-14(11(3)27)22-19-23-17(16-18(24-19)25(5-2)10-21-16)20-9-12-8-13(26(29)30)6-7-15(12)28/h6-8,10-11,14,27-28H,4-5,9H2,1-3H3,(H2,20,22,23,24). The normalized spacial score (nSPS) is 13.2. The minimum atomic E-state index is -0.594. The summed E-state index contributed by atoms with van der Waals surface area (Å²) in [5, 5.41) is 37.3. The van der Waals surface area contributed by atoms with Gasteiger partial charge in [0, 0.05) is 30.8 Å². The maximum atomic E-state index is 11.0. The van der Waals surface area contributed by atoms with Crippen LogP contribution in [0.3, 0.4) is 0 Å². The largest absolute Gasteiger partial charge is 0.508 e. The Kier molecular flexibility index (Phi) is 6.31. The lowest BCUT2D eigenvalue weighted by Crippen LogP contribution is -2.31. The van der Waals surface area contributed by atoms with Crippen molar-refractivity contribution in [3.05, 3.63) is 40.2 Å². The zero-order valence-electron chi connectivity index (χ0n) is 17.0. The van der Waals surface area contributed by atoms with Crippen molar-refractivity contribution in [1.29, 1.82) is 0 Å². The van der Waals surface area contributed by atoms with E-state index < -0.39 is 11.0 Å². The van der Waals surface area contributed by atoms with Crippen molar-refractivity contribution in [2.45, 2.75) is 52.4 Å². The van der Waals surface area contributed by atoms with Gasteiger partial charge in [0.05, 0.1) is 23.4 Å². The van der Waals surface area contributed by atoms with E-state index in [1.54, 1.807) is 13.3 Å². The molecule has 11 heteroatoms. The number of hydrogen-bond acceptors (Lipinski definition) is 9. The van der Waals surface area contributed by atoms with Crippen molar-refractivity contribution < 1.29 is 15.1 Å². The van der Waals surface area contributed by atoms with Crippen molar-refractivity contribution in [2.24, 2.45) is 0 Å². The molecule has 0 aliphatic rings. The predicted molar refractivity (Wildman–Crippen MR) is 112 cm³/mol. The van der Waals surface area contributed by atoms with Gasteiger partial charge in [-0.3, -0.25) is 10.1 Å². The van der Waals surface area contributed by atoms with Crippen molar-refractivity contribution in [3.8, 4) is 5.75 Å². The molecule has 0 bridgehead atoms. The highest BCUT2D eigenvalue weighted by atomic mass is 16.6. The van der Waals surface area contributed by atoms with Crippen molar-refractivity contribution in [2.75, 3.05) is 10.6 Å². The number of aromatic nitrogens is 4. The number of fused-ring (bicyclic) bond motifs is 1. The lowest BCUT2D eigenvalue weighted by atomic mass is 10.1. The fourth-order valence-corrected chi connectivity index (χ4v) is 3.10. The fourth-order valence-electron chi connectivity index (χ4n) is 3.10. The Morgan fingerprint density at radius 1 is 1.30 bits per heavy atom. The number of nitro benzene ring substituents is 1. The lowest BCUT2D eigenvalue weighted by Gasteiger charge is -2.20. The van der Waals surface area contributed by atoms with E-state index in [-0.39, 0.29) is 24.0 Å². The Bertz CT molecular complexity index is 1050. The van der Waals surface area contributed by atoms with Gasteiger partial charge in [-0.05, 0) is 26.3 Å². The summed E-state index contributed by atoms with van der Waals surface area (Å²) in [6.07, 6.45) is 1.74. The first-order valence-electron chi connectivity index (χ1n) is 9.71. The van der Waals surface area contributed by atoms with E-state index in [1.807, 2.05) is 18.4 Å². The number of non-ortho nitro benzene ring substituents is 1. The Morgan fingerprint density at radius 2 is 2.07 bits per heavy atom. The number of nitrogens with one attached hydrogen (secondary N) is 2. The molecule has 0 amide bonds. The zero-order valence-corrected chi connectivity index (χ0v) is 17.0. The third-order valence-corrected chi connectivity index (χ3v) is 4.86. The number of benzene rings is 1. The monoisotopic (exact) mass is 415 g/mol. The van der Waals surface area contributed by atoms with Crippen LogP contribution in [0.15, 0.2) is 24.5 Å². The molecule has 0 aliphatic carbocycles. The van der Waals surface area contributed by atoms with E-state index in [0.29, 0.717) is 41.5 Å². The molecule has 3 rings (SSSR count). The molecular weight excluding hydrogens is 390 g/mol. The van der Waals surface area contributed by atoms with Gasteiger partial charge >= 0.3 is 0 Å².